The predicted molar refractivity (Wildman–Crippen MR) is 132 cm³/mol. The summed E-state index contributed by atoms with van der Waals surface area (Å²) in [6, 6.07) is 18.6. The molecule has 9 heteroatoms. The van der Waals surface area contributed by atoms with Gasteiger partial charge >= 0.3 is 6.18 Å². The van der Waals surface area contributed by atoms with Crippen molar-refractivity contribution in [2.24, 2.45) is 0 Å². The monoisotopic (exact) mass is 514 g/mol. The quantitative estimate of drug-likeness (QED) is 0.263. The molecule has 0 saturated heterocycles. The topological polar surface area (TPSA) is 75.4 Å². The Morgan fingerprint density at radius 3 is 2.42 bits per heavy atom. The fourth-order valence-electron chi connectivity index (χ4n) is 3.87. The van der Waals surface area contributed by atoms with Crippen molar-refractivity contribution in [2.75, 3.05) is 5.32 Å². The van der Waals surface area contributed by atoms with Crippen molar-refractivity contribution in [2.45, 2.75) is 31.9 Å². The first-order valence-corrected chi connectivity index (χ1v) is 11.6. The summed E-state index contributed by atoms with van der Waals surface area (Å²) >= 11 is 6.16. The molecular weight excluding hydrogens is 493 g/mol. The number of rotatable bonds is 7. The molecule has 1 atom stereocenters. The van der Waals surface area contributed by atoms with E-state index in [-0.39, 0.29) is 23.8 Å². The Morgan fingerprint density at radius 1 is 1.06 bits per heavy atom. The lowest BCUT2D eigenvalue weighted by molar-refractivity contribution is -0.137. The van der Waals surface area contributed by atoms with Crippen LogP contribution in [0.25, 0.3) is 22.7 Å². The third-order valence-corrected chi connectivity index (χ3v) is 5.84. The lowest BCUT2D eigenvalue weighted by Gasteiger charge is -2.18. The Morgan fingerprint density at radius 2 is 1.78 bits per heavy atom. The molecule has 3 aromatic carbocycles. The third-order valence-electron chi connectivity index (χ3n) is 5.61. The number of carbonyl (C=O) groups is 1. The molecule has 4 aromatic rings. The van der Waals surface area contributed by atoms with Crippen LogP contribution in [0.2, 0.25) is 5.02 Å². The normalized spacial score (nSPS) is 12.4. The number of aromatic hydroxyl groups is 1. The number of phenolic OH excluding ortho intramolecular Hbond substituents is 1. The molecule has 186 valence electrons. The van der Waals surface area contributed by atoms with E-state index in [0.29, 0.717) is 34.3 Å². The van der Waals surface area contributed by atoms with Crippen LogP contribution in [0, 0.1) is 0 Å². The zero-order chi connectivity index (χ0) is 25.9. The summed E-state index contributed by atoms with van der Waals surface area (Å²) in [5.74, 6) is -1.74. The van der Waals surface area contributed by atoms with Gasteiger partial charge in [0.05, 0.1) is 11.5 Å². The Hall–Kier alpha value is -3.78. The number of alkyl halides is 3. The van der Waals surface area contributed by atoms with Gasteiger partial charge in [0, 0.05) is 21.7 Å². The Bertz CT molecular complexity index is 1370. The molecule has 0 saturated carbocycles. The van der Waals surface area contributed by atoms with Crippen LogP contribution in [0.3, 0.4) is 0 Å². The van der Waals surface area contributed by atoms with E-state index in [1.807, 2.05) is 25.1 Å². The minimum atomic E-state index is -4.61. The number of nitrogens with one attached hydrogen (secondary N) is 1. The molecule has 0 aliphatic carbocycles. The molecule has 0 radical (unpaired) electrons. The SMILES string of the molecule is CCCC(C(=O)Nc1oc(-c2ccccc2)nc1-c1cccc(Cl)c1)c1ccc(C(F)(F)F)cc1O. The van der Waals surface area contributed by atoms with E-state index < -0.39 is 29.3 Å². The van der Waals surface area contributed by atoms with Gasteiger partial charge in [0.1, 0.15) is 11.4 Å². The largest absolute Gasteiger partial charge is 0.508 e. The van der Waals surface area contributed by atoms with Gasteiger partial charge in [-0.3, -0.25) is 10.1 Å². The molecule has 2 N–H and O–H groups in total. The molecule has 0 aliphatic rings. The maximum Gasteiger partial charge on any atom is 0.416 e. The number of amides is 1. The first kappa shape index (κ1) is 25.3. The second kappa shape index (κ2) is 10.5. The Balaban J connectivity index is 1.72. The van der Waals surface area contributed by atoms with E-state index in [2.05, 4.69) is 10.3 Å². The fraction of sp³-hybridized carbons (Fsp3) is 0.185. The molecule has 0 aliphatic heterocycles. The van der Waals surface area contributed by atoms with Crippen molar-refractivity contribution >= 4 is 23.4 Å². The second-order valence-corrected chi connectivity index (χ2v) is 8.61. The van der Waals surface area contributed by atoms with Crippen LogP contribution in [-0.4, -0.2) is 16.0 Å². The van der Waals surface area contributed by atoms with Gasteiger partial charge in [-0.05, 0) is 42.8 Å². The average molecular weight is 515 g/mol. The highest BCUT2D eigenvalue weighted by Crippen LogP contribution is 2.38. The first-order chi connectivity index (χ1) is 17.2. The van der Waals surface area contributed by atoms with Gasteiger partial charge in [-0.25, -0.2) is 4.98 Å². The molecule has 1 amide bonds. The predicted octanol–water partition coefficient (Wildman–Crippen LogP) is 7.91. The van der Waals surface area contributed by atoms with Crippen molar-refractivity contribution in [3.8, 4) is 28.5 Å². The molecule has 5 nitrogen and oxygen atoms in total. The number of aromatic nitrogens is 1. The van der Waals surface area contributed by atoms with E-state index in [9.17, 15) is 23.1 Å². The minimum Gasteiger partial charge on any atom is -0.508 e. The molecule has 0 fully saturated rings. The highest BCUT2D eigenvalue weighted by atomic mass is 35.5. The maximum atomic E-state index is 13.4. The lowest BCUT2D eigenvalue weighted by Crippen LogP contribution is -2.21. The van der Waals surface area contributed by atoms with Crippen LogP contribution in [0.5, 0.6) is 5.75 Å². The van der Waals surface area contributed by atoms with Crippen molar-refractivity contribution in [3.63, 3.8) is 0 Å². The number of anilines is 1. The van der Waals surface area contributed by atoms with Gasteiger partial charge in [-0.2, -0.15) is 13.2 Å². The summed E-state index contributed by atoms with van der Waals surface area (Å²) in [5.41, 5.74) is 0.733. The van der Waals surface area contributed by atoms with E-state index in [4.69, 9.17) is 16.0 Å². The molecule has 4 rings (SSSR count). The summed E-state index contributed by atoms with van der Waals surface area (Å²) in [4.78, 5) is 17.9. The van der Waals surface area contributed by atoms with Crippen LogP contribution in [0.4, 0.5) is 19.1 Å². The molecule has 1 unspecified atom stereocenters. The smallest absolute Gasteiger partial charge is 0.416 e. The number of hydrogen-bond donors (Lipinski definition) is 2. The van der Waals surface area contributed by atoms with Crippen molar-refractivity contribution in [1.29, 1.82) is 0 Å². The number of oxazole rings is 1. The summed E-state index contributed by atoms with van der Waals surface area (Å²) < 4.78 is 45.1. The molecular formula is C27H22ClF3N2O3. The molecule has 1 heterocycles. The van der Waals surface area contributed by atoms with Crippen molar-refractivity contribution in [1.82, 2.24) is 4.98 Å². The van der Waals surface area contributed by atoms with Crippen LogP contribution in [-0.2, 0) is 11.0 Å². The first-order valence-electron chi connectivity index (χ1n) is 11.2. The summed E-state index contributed by atoms with van der Waals surface area (Å²) in [5, 5.41) is 13.5. The second-order valence-electron chi connectivity index (χ2n) is 8.17. The van der Waals surface area contributed by atoms with E-state index >= 15 is 0 Å². The van der Waals surface area contributed by atoms with Crippen LogP contribution >= 0.6 is 11.6 Å². The van der Waals surface area contributed by atoms with Gasteiger partial charge < -0.3 is 9.52 Å². The van der Waals surface area contributed by atoms with Crippen LogP contribution in [0.15, 0.2) is 77.2 Å². The van der Waals surface area contributed by atoms with Crippen molar-refractivity contribution in [3.05, 3.63) is 88.9 Å². The summed E-state index contributed by atoms with van der Waals surface area (Å²) in [6.07, 6.45) is -3.78. The third kappa shape index (κ3) is 5.54. The number of hydrogen-bond acceptors (Lipinski definition) is 4. The number of phenols is 1. The number of nitrogens with zero attached hydrogens (tertiary/aromatic N) is 1. The highest BCUT2D eigenvalue weighted by molar-refractivity contribution is 6.30. The summed E-state index contributed by atoms with van der Waals surface area (Å²) in [6.45, 7) is 1.83. The van der Waals surface area contributed by atoms with Crippen molar-refractivity contribution < 1.29 is 27.5 Å². The van der Waals surface area contributed by atoms with Gasteiger partial charge in [0.15, 0.2) is 0 Å². The average Bonchev–Trinajstić information content (AvgIpc) is 3.26. The van der Waals surface area contributed by atoms with Crippen LogP contribution < -0.4 is 5.32 Å². The van der Waals surface area contributed by atoms with E-state index in [0.717, 1.165) is 12.1 Å². The molecule has 36 heavy (non-hydrogen) atoms. The molecule has 0 spiro atoms. The van der Waals surface area contributed by atoms with Gasteiger partial charge in [0.2, 0.25) is 17.7 Å². The van der Waals surface area contributed by atoms with E-state index in [1.165, 1.54) is 0 Å². The maximum absolute atomic E-state index is 13.4. The van der Waals surface area contributed by atoms with Gasteiger partial charge in [-0.1, -0.05) is 61.3 Å². The molecule has 0 bridgehead atoms. The zero-order valence-electron chi connectivity index (χ0n) is 19.1. The lowest BCUT2D eigenvalue weighted by atomic mass is 9.91. The Labute approximate surface area is 210 Å². The Kier molecular flexibility index (Phi) is 7.35. The summed E-state index contributed by atoms with van der Waals surface area (Å²) in [7, 11) is 0. The van der Waals surface area contributed by atoms with Gasteiger partial charge in [-0.15, -0.1) is 0 Å². The minimum absolute atomic E-state index is 0.0635. The standard InChI is InChI=1S/C27H22ClF3N2O3/c1-2-7-21(20-13-12-18(15-22(20)34)27(29,30)31)24(35)33-26-23(17-10-6-11-19(28)14-17)32-25(36-26)16-8-4-3-5-9-16/h3-6,8-15,21,34H,2,7H2,1H3,(H,33,35). The number of benzene rings is 3. The zero-order valence-corrected chi connectivity index (χ0v) is 19.9. The van der Waals surface area contributed by atoms with Gasteiger partial charge in [0.25, 0.3) is 0 Å². The molecule has 1 aromatic heterocycles. The number of halogens is 4. The van der Waals surface area contributed by atoms with E-state index in [1.54, 1.807) is 36.4 Å². The fourth-order valence-corrected chi connectivity index (χ4v) is 4.06. The highest BCUT2D eigenvalue weighted by Gasteiger charge is 2.33. The van der Waals surface area contributed by atoms with Crippen LogP contribution in [0.1, 0.15) is 36.8 Å². The number of carbonyl (C=O) groups excluding carboxylic acids is 1.